The van der Waals surface area contributed by atoms with Gasteiger partial charge in [0.15, 0.2) is 0 Å². The van der Waals surface area contributed by atoms with Crippen LogP contribution in [0.1, 0.15) is 101 Å². The summed E-state index contributed by atoms with van der Waals surface area (Å²) >= 11 is 0. The number of hydrogen-bond donors (Lipinski definition) is 1. The van der Waals surface area contributed by atoms with Gasteiger partial charge in [0.1, 0.15) is 0 Å². The van der Waals surface area contributed by atoms with Gasteiger partial charge in [-0.25, -0.2) is 0 Å². The number of aliphatic hydroxyl groups is 1. The molecule has 2 aliphatic carbocycles. The largest absolute Gasteiger partial charge is 0.392 e. The highest BCUT2D eigenvalue weighted by Crippen LogP contribution is 2.42. The van der Waals surface area contributed by atoms with E-state index in [0.29, 0.717) is 0 Å². The van der Waals surface area contributed by atoms with E-state index in [4.69, 9.17) is 0 Å². The van der Waals surface area contributed by atoms with Gasteiger partial charge >= 0.3 is 0 Å². The predicted octanol–water partition coefficient (Wildman–Crippen LogP) is 11.6. The first kappa shape index (κ1) is 34.3. The lowest BCUT2D eigenvalue weighted by Gasteiger charge is -2.37. The van der Waals surface area contributed by atoms with Crippen LogP contribution in [0.2, 0.25) is 0 Å². The van der Waals surface area contributed by atoms with Crippen LogP contribution in [0.4, 0.5) is 0 Å². The van der Waals surface area contributed by atoms with Crippen molar-refractivity contribution in [3.63, 3.8) is 0 Å². The van der Waals surface area contributed by atoms with Gasteiger partial charge in [0, 0.05) is 5.41 Å². The Hall–Kier alpha value is -2.90. The Bertz CT molecular complexity index is 1250. The average molecular weight is 553 g/mol. The van der Waals surface area contributed by atoms with E-state index in [0.717, 1.165) is 12.8 Å². The highest BCUT2D eigenvalue weighted by Gasteiger charge is 2.34. The highest BCUT2D eigenvalue weighted by atomic mass is 16.3. The fourth-order valence-electron chi connectivity index (χ4n) is 5.72. The van der Waals surface area contributed by atoms with Crippen LogP contribution in [0.3, 0.4) is 0 Å². The molecule has 1 nitrogen and oxygen atoms in total. The van der Waals surface area contributed by atoms with Gasteiger partial charge in [-0.2, -0.15) is 0 Å². The van der Waals surface area contributed by atoms with E-state index in [1.54, 1.807) is 5.57 Å². The lowest BCUT2D eigenvalue weighted by molar-refractivity contribution is 0.0607. The van der Waals surface area contributed by atoms with Crippen LogP contribution < -0.4 is 0 Å². The van der Waals surface area contributed by atoms with Crippen molar-refractivity contribution in [1.29, 1.82) is 0 Å². The highest BCUT2D eigenvalue weighted by molar-refractivity contribution is 5.39. The second-order valence-electron chi connectivity index (χ2n) is 13.3. The molecular formula is C40H56O. The van der Waals surface area contributed by atoms with Crippen molar-refractivity contribution < 1.29 is 5.11 Å². The normalized spacial score (nSPS) is 23.5. The standard InChI is InChI=1S/C40H56O/c1-30(18-13-20-32(3)23-26-36-34(5)22-15-29-39(36,7)8)16-11-12-17-31(2)19-14-21-33(4)24-27-37-35(6)25-28-38(41)40(37,9)10/h11-14,16-21,23-24,26-27,38,41H,15,22,25,28-29H2,1-10H3. The second-order valence-corrected chi connectivity index (χ2v) is 13.3. The van der Waals surface area contributed by atoms with Gasteiger partial charge in [-0.3, -0.25) is 0 Å². The van der Waals surface area contributed by atoms with Gasteiger partial charge in [0.05, 0.1) is 6.10 Å². The molecule has 1 unspecified atom stereocenters. The molecule has 1 N–H and O–H groups in total. The lowest BCUT2D eigenvalue weighted by Crippen LogP contribution is -2.34. The van der Waals surface area contributed by atoms with Gasteiger partial charge in [-0.15, -0.1) is 0 Å². The van der Waals surface area contributed by atoms with Crippen LogP contribution >= 0.6 is 0 Å². The molecule has 0 heterocycles. The van der Waals surface area contributed by atoms with Gasteiger partial charge in [-0.1, -0.05) is 146 Å². The zero-order valence-corrected chi connectivity index (χ0v) is 27.6. The first-order valence-corrected chi connectivity index (χ1v) is 15.4. The molecule has 0 spiro atoms. The summed E-state index contributed by atoms with van der Waals surface area (Å²) in [6.07, 6.45) is 35.6. The van der Waals surface area contributed by atoms with E-state index in [-0.39, 0.29) is 16.9 Å². The second kappa shape index (κ2) is 15.9. The predicted molar refractivity (Wildman–Crippen MR) is 183 cm³/mol. The topological polar surface area (TPSA) is 20.2 Å². The Morgan fingerprint density at radius 3 is 1.59 bits per heavy atom. The fourth-order valence-corrected chi connectivity index (χ4v) is 5.72. The van der Waals surface area contributed by atoms with Gasteiger partial charge in [-0.05, 0) is 90.2 Å². The van der Waals surface area contributed by atoms with E-state index in [1.165, 1.54) is 58.3 Å². The minimum atomic E-state index is -0.277. The van der Waals surface area contributed by atoms with Crippen molar-refractivity contribution >= 4 is 0 Å². The van der Waals surface area contributed by atoms with Crippen molar-refractivity contribution in [2.45, 2.75) is 107 Å². The molecule has 0 bridgehead atoms. The third-order valence-corrected chi connectivity index (χ3v) is 8.61. The SMILES string of the molecule is CC(C=CC=C(C)C=CC1=C(C)CCCC1(C)C)=CC=CC=C(C)C=CC=C(C)C=CC1=C(C)CCC(O)C1(C)C. The molecule has 0 aromatic heterocycles. The molecule has 0 fully saturated rings. The molecule has 1 atom stereocenters. The van der Waals surface area contributed by atoms with E-state index in [9.17, 15) is 5.11 Å². The van der Waals surface area contributed by atoms with Crippen molar-refractivity contribution in [1.82, 2.24) is 0 Å². The lowest BCUT2D eigenvalue weighted by atomic mass is 9.70. The Balaban J connectivity index is 1.90. The van der Waals surface area contributed by atoms with Crippen LogP contribution in [-0.2, 0) is 0 Å². The molecular weight excluding hydrogens is 496 g/mol. The molecule has 1 heteroatoms. The van der Waals surface area contributed by atoms with Gasteiger partial charge in [0.25, 0.3) is 0 Å². The summed E-state index contributed by atoms with van der Waals surface area (Å²) in [7, 11) is 0. The van der Waals surface area contributed by atoms with E-state index < -0.39 is 0 Å². The third kappa shape index (κ3) is 11.1. The van der Waals surface area contributed by atoms with E-state index in [1.807, 2.05) is 0 Å². The van der Waals surface area contributed by atoms with Crippen LogP contribution in [0.15, 0.2) is 130 Å². The van der Waals surface area contributed by atoms with Crippen molar-refractivity contribution in [3.8, 4) is 0 Å². The molecule has 222 valence electrons. The number of rotatable bonds is 10. The Labute approximate surface area is 252 Å². The maximum atomic E-state index is 10.4. The van der Waals surface area contributed by atoms with Gasteiger partial charge < -0.3 is 5.11 Å². The number of allylic oxidation sites excluding steroid dienone is 21. The van der Waals surface area contributed by atoms with Crippen LogP contribution in [0, 0.1) is 10.8 Å². The third-order valence-electron chi connectivity index (χ3n) is 8.61. The molecule has 0 aliphatic heterocycles. The summed E-state index contributed by atoms with van der Waals surface area (Å²) in [5.74, 6) is 0. The monoisotopic (exact) mass is 552 g/mol. The van der Waals surface area contributed by atoms with Gasteiger partial charge in [0.2, 0.25) is 0 Å². The van der Waals surface area contributed by atoms with Crippen molar-refractivity contribution in [2.75, 3.05) is 0 Å². The van der Waals surface area contributed by atoms with E-state index in [2.05, 4.69) is 154 Å². The first-order chi connectivity index (χ1) is 19.2. The average Bonchev–Trinajstić information content (AvgIpc) is 2.88. The first-order valence-electron chi connectivity index (χ1n) is 15.4. The van der Waals surface area contributed by atoms with Crippen LogP contribution in [0.5, 0.6) is 0 Å². The van der Waals surface area contributed by atoms with Crippen molar-refractivity contribution in [3.05, 3.63) is 130 Å². The molecule has 2 aliphatic rings. The minimum Gasteiger partial charge on any atom is -0.392 e. The van der Waals surface area contributed by atoms with Crippen LogP contribution in [-0.4, -0.2) is 11.2 Å². The Kier molecular flexibility index (Phi) is 13.3. The molecule has 0 aromatic carbocycles. The maximum Gasteiger partial charge on any atom is 0.0634 e. The quantitative estimate of drug-likeness (QED) is 0.267. The number of aliphatic hydroxyl groups excluding tert-OH is 1. The minimum absolute atomic E-state index is 0.195. The molecule has 0 amide bonds. The smallest absolute Gasteiger partial charge is 0.0634 e. The molecule has 0 radical (unpaired) electrons. The molecule has 0 saturated heterocycles. The summed E-state index contributed by atoms with van der Waals surface area (Å²) in [6.45, 7) is 22.0. The summed E-state index contributed by atoms with van der Waals surface area (Å²) in [6, 6.07) is 0. The summed E-state index contributed by atoms with van der Waals surface area (Å²) < 4.78 is 0. The summed E-state index contributed by atoms with van der Waals surface area (Å²) in [4.78, 5) is 0. The maximum absolute atomic E-state index is 10.4. The zero-order valence-electron chi connectivity index (χ0n) is 27.6. The van der Waals surface area contributed by atoms with E-state index >= 15 is 0 Å². The summed E-state index contributed by atoms with van der Waals surface area (Å²) in [5, 5.41) is 10.4. The molecule has 0 saturated carbocycles. The zero-order chi connectivity index (χ0) is 30.6. The summed E-state index contributed by atoms with van der Waals surface area (Å²) in [5.41, 5.74) is 10.7. The Morgan fingerprint density at radius 1 is 0.634 bits per heavy atom. The molecule has 0 aromatic rings. The Morgan fingerprint density at radius 2 is 1.07 bits per heavy atom. The fraction of sp³-hybridized carbons (Fsp3) is 0.450. The molecule has 41 heavy (non-hydrogen) atoms. The van der Waals surface area contributed by atoms with Crippen molar-refractivity contribution in [2.24, 2.45) is 10.8 Å². The molecule has 2 rings (SSSR count). The van der Waals surface area contributed by atoms with Crippen LogP contribution in [0.25, 0.3) is 0 Å². The number of hydrogen-bond acceptors (Lipinski definition) is 1.